The molecule has 2 aromatic rings. The molecule has 0 atom stereocenters. The lowest BCUT2D eigenvalue weighted by Crippen LogP contribution is -3.00. The van der Waals surface area contributed by atoms with E-state index in [9.17, 15) is 9.59 Å². The predicted octanol–water partition coefficient (Wildman–Crippen LogP) is 7.20. The maximum absolute atomic E-state index is 11.0. The summed E-state index contributed by atoms with van der Waals surface area (Å²) in [5.41, 5.74) is 9.53. The molecule has 2 aliphatic heterocycles. The summed E-state index contributed by atoms with van der Waals surface area (Å²) >= 11 is 7.20. The lowest BCUT2D eigenvalue weighted by Gasteiger charge is -2.27. The number of halogens is 2. The van der Waals surface area contributed by atoms with Crippen molar-refractivity contribution in [2.75, 3.05) is 18.0 Å². The molecule has 0 spiro atoms. The van der Waals surface area contributed by atoms with Gasteiger partial charge in [-0.1, -0.05) is 80.4 Å². The highest BCUT2D eigenvalue weighted by Gasteiger charge is 2.44. The molecule has 0 bridgehead atoms. The first-order valence-electron chi connectivity index (χ1n) is 18.0. The summed E-state index contributed by atoms with van der Waals surface area (Å²) < 4.78 is 2.42. The Kier molecular flexibility index (Phi) is 13.5. The van der Waals surface area contributed by atoms with E-state index >= 15 is 0 Å². The zero-order valence-corrected chi connectivity index (χ0v) is 32.3. The number of para-hydroxylation sites is 2. The summed E-state index contributed by atoms with van der Waals surface area (Å²) in [7, 11) is 0. The van der Waals surface area contributed by atoms with Crippen molar-refractivity contribution in [3.8, 4) is 0 Å². The van der Waals surface area contributed by atoms with E-state index < -0.39 is 11.9 Å². The van der Waals surface area contributed by atoms with Crippen LogP contribution in [0.15, 0.2) is 94.7 Å². The largest absolute Gasteiger partial charge is 1.00 e. The molecule has 50 heavy (non-hydrogen) atoms. The molecule has 268 valence electrons. The van der Waals surface area contributed by atoms with Crippen molar-refractivity contribution < 1.29 is 41.4 Å². The summed E-state index contributed by atoms with van der Waals surface area (Å²) in [5, 5.41) is 19.0. The quantitative estimate of drug-likeness (QED) is 0.148. The molecule has 6 nitrogen and oxygen atoms in total. The highest BCUT2D eigenvalue weighted by molar-refractivity contribution is 6.32. The Morgan fingerprint density at radius 3 is 2.14 bits per heavy atom. The van der Waals surface area contributed by atoms with Gasteiger partial charge in [-0.15, -0.1) is 0 Å². The number of nitrogens with zero attached hydrogens (tertiary/aromatic N) is 2. The molecule has 0 amide bonds. The van der Waals surface area contributed by atoms with Gasteiger partial charge in [-0.3, -0.25) is 9.59 Å². The van der Waals surface area contributed by atoms with Crippen molar-refractivity contribution in [3.05, 3.63) is 106 Å². The van der Waals surface area contributed by atoms with Gasteiger partial charge < -0.3 is 32.1 Å². The molecular formula is C42H52BrClN2O4. The van der Waals surface area contributed by atoms with Crippen LogP contribution in [-0.4, -0.2) is 45.5 Å². The number of anilines is 1. The number of fused-ring (bicyclic) bond motifs is 2. The van der Waals surface area contributed by atoms with Gasteiger partial charge in [-0.2, -0.15) is 4.58 Å². The van der Waals surface area contributed by atoms with E-state index in [1.165, 1.54) is 33.9 Å². The summed E-state index contributed by atoms with van der Waals surface area (Å²) in [6, 6.07) is 17.2. The molecule has 0 aromatic heterocycles. The molecule has 3 aliphatic rings. The van der Waals surface area contributed by atoms with Gasteiger partial charge in [-0.05, 0) is 87.6 Å². The molecular weight excluding hydrogens is 712 g/mol. The summed E-state index contributed by atoms with van der Waals surface area (Å²) in [4.78, 5) is 24.4. The second kappa shape index (κ2) is 17.2. The van der Waals surface area contributed by atoms with Crippen LogP contribution < -0.4 is 21.9 Å². The normalized spacial score (nSPS) is 19.3. The fourth-order valence-corrected chi connectivity index (χ4v) is 8.09. The number of aliphatic carboxylic acids is 2. The van der Waals surface area contributed by atoms with Crippen molar-refractivity contribution in [2.24, 2.45) is 0 Å². The Labute approximate surface area is 313 Å². The number of allylic oxidation sites excluding steroid dienone is 8. The van der Waals surface area contributed by atoms with E-state index in [4.69, 9.17) is 21.8 Å². The van der Waals surface area contributed by atoms with Crippen LogP contribution in [0.25, 0.3) is 0 Å². The van der Waals surface area contributed by atoms with Crippen LogP contribution >= 0.6 is 11.6 Å². The van der Waals surface area contributed by atoms with Gasteiger partial charge >= 0.3 is 11.9 Å². The van der Waals surface area contributed by atoms with E-state index in [-0.39, 0.29) is 40.7 Å². The summed E-state index contributed by atoms with van der Waals surface area (Å²) in [5.74, 6) is -1.46. The van der Waals surface area contributed by atoms with Crippen molar-refractivity contribution in [3.63, 3.8) is 0 Å². The van der Waals surface area contributed by atoms with Crippen molar-refractivity contribution in [1.29, 1.82) is 0 Å². The van der Waals surface area contributed by atoms with Crippen molar-refractivity contribution in [2.45, 2.75) is 109 Å². The standard InChI is InChI=1S/C42H51ClN2O4.BrH/c1-41(2)32-18-9-11-20-34(32)44(28-13-5-7-22-38(46)47)36(41)26-24-30-16-15-17-31(40(30)43)25-27-37-42(3,4)33-19-10-12-21-35(33)45(37)29-14-6-8-23-39(48)49;/h9-12,18-21,24-27H,5-8,13-17,22-23,28-29H2,1-4H3,(H-,46,47,48,49);1H. The minimum absolute atomic E-state index is 0. The highest BCUT2D eigenvalue weighted by atomic mass is 79.9. The monoisotopic (exact) mass is 762 g/mol. The average Bonchev–Trinajstić information content (AvgIpc) is 3.41. The number of carboxylic acids is 2. The molecule has 0 unspecified atom stereocenters. The van der Waals surface area contributed by atoms with E-state index in [2.05, 4.69) is 110 Å². The smallest absolute Gasteiger partial charge is 0.303 e. The molecule has 8 heteroatoms. The Balaban J connectivity index is 0.00000562. The van der Waals surface area contributed by atoms with E-state index in [1.807, 2.05) is 0 Å². The maximum Gasteiger partial charge on any atom is 0.303 e. The van der Waals surface area contributed by atoms with Gasteiger partial charge in [-0.25, -0.2) is 0 Å². The van der Waals surface area contributed by atoms with E-state index in [0.29, 0.717) is 12.8 Å². The topological polar surface area (TPSA) is 80.9 Å². The van der Waals surface area contributed by atoms with Gasteiger partial charge in [0, 0.05) is 65.3 Å². The van der Waals surface area contributed by atoms with Crippen LogP contribution in [0.5, 0.6) is 0 Å². The molecule has 5 rings (SSSR count). The van der Waals surface area contributed by atoms with E-state index in [1.54, 1.807) is 0 Å². The average molecular weight is 764 g/mol. The molecule has 1 aliphatic carbocycles. The van der Waals surface area contributed by atoms with Crippen molar-refractivity contribution >= 4 is 40.6 Å². The third-order valence-corrected chi connectivity index (χ3v) is 11.0. The highest BCUT2D eigenvalue weighted by Crippen LogP contribution is 2.48. The van der Waals surface area contributed by atoms with Crippen LogP contribution in [0.4, 0.5) is 11.4 Å². The lowest BCUT2D eigenvalue weighted by molar-refractivity contribution is -0.438. The number of carbonyl (C=O) groups is 2. The van der Waals surface area contributed by atoms with Gasteiger partial charge in [0.15, 0.2) is 5.71 Å². The number of unbranched alkanes of at least 4 members (excludes halogenated alkanes) is 4. The molecule has 2 N–H and O–H groups in total. The lowest BCUT2D eigenvalue weighted by atomic mass is 9.81. The van der Waals surface area contributed by atoms with E-state index in [0.717, 1.165) is 74.2 Å². The van der Waals surface area contributed by atoms with Gasteiger partial charge in [0.25, 0.3) is 0 Å². The zero-order chi connectivity index (χ0) is 35.2. The maximum atomic E-state index is 11.0. The van der Waals surface area contributed by atoms with Crippen LogP contribution in [-0.2, 0) is 20.4 Å². The zero-order valence-electron chi connectivity index (χ0n) is 30.0. The van der Waals surface area contributed by atoms with Crippen LogP contribution in [0.1, 0.15) is 109 Å². The number of hydrogen-bond acceptors (Lipinski definition) is 3. The Morgan fingerprint density at radius 1 is 0.800 bits per heavy atom. The van der Waals surface area contributed by atoms with Crippen LogP contribution in [0.2, 0.25) is 0 Å². The fraction of sp³-hybridized carbons (Fsp3) is 0.452. The Bertz CT molecular complexity index is 1730. The molecule has 2 aromatic carbocycles. The minimum Gasteiger partial charge on any atom is -1.00 e. The first-order valence-corrected chi connectivity index (χ1v) is 18.3. The number of rotatable bonds is 15. The van der Waals surface area contributed by atoms with Gasteiger partial charge in [0.05, 0.1) is 5.41 Å². The second-order valence-corrected chi connectivity index (χ2v) is 15.0. The summed E-state index contributed by atoms with van der Waals surface area (Å²) in [6.45, 7) is 10.8. The third kappa shape index (κ3) is 8.71. The molecule has 0 fully saturated rings. The van der Waals surface area contributed by atoms with Crippen LogP contribution in [0, 0.1) is 0 Å². The first kappa shape index (κ1) is 39.4. The second-order valence-electron chi connectivity index (χ2n) is 14.7. The fourth-order valence-electron chi connectivity index (χ4n) is 7.78. The van der Waals surface area contributed by atoms with Crippen LogP contribution in [0.3, 0.4) is 0 Å². The third-order valence-electron chi connectivity index (χ3n) is 10.5. The minimum atomic E-state index is -0.732. The molecule has 0 saturated carbocycles. The molecule has 2 heterocycles. The molecule has 0 radical (unpaired) electrons. The van der Waals surface area contributed by atoms with Gasteiger partial charge in [0.2, 0.25) is 5.69 Å². The van der Waals surface area contributed by atoms with Crippen molar-refractivity contribution in [1.82, 2.24) is 0 Å². The molecule has 0 saturated heterocycles. The Morgan fingerprint density at radius 2 is 1.44 bits per heavy atom. The SMILES string of the molecule is CC1(C)C(/C=C/C2=C(Cl)C(=C\C=C3/N(CCCCCC(=O)O)c4ccccc4C3(C)C)/CCC2)=[N+](CCCCCC(=O)O)c2ccccc21.[Br-]. The first-order chi connectivity index (χ1) is 23.4. The Hall–Kier alpha value is -3.42. The number of benzene rings is 2. The summed E-state index contributed by atoms with van der Waals surface area (Å²) in [6.07, 6.45) is 17.3. The number of hydrogen-bond donors (Lipinski definition) is 2. The predicted molar refractivity (Wildman–Crippen MR) is 200 cm³/mol. The van der Waals surface area contributed by atoms with Gasteiger partial charge in [0.1, 0.15) is 6.54 Å². The number of carboxylic acid groups (broad SMARTS) is 2.